The summed E-state index contributed by atoms with van der Waals surface area (Å²) < 4.78 is 24.7. The molecule has 1 aromatic carbocycles. The highest BCUT2D eigenvalue weighted by Gasteiger charge is 2.13. The fourth-order valence-corrected chi connectivity index (χ4v) is 3.08. The molecule has 0 amide bonds. The van der Waals surface area contributed by atoms with Crippen LogP contribution in [0.3, 0.4) is 0 Å². The van der Waals surface area contributed by atoms with Crippen LogP contribution in [0.25, 0.3) is 0 Å². The van der Waals surface area contributed by atoms with Gasteiger partial charge in [-0.3, -0.25) is 0 Å². The van der Waals surface area contributed by atoms with Crippen LogP contribution in [0.5, 0.6) is 0 Å². The highest BCUT2D eigenvalue weighted by molar-refractivity contribution is 14.0. The Morgan fingerprint density at radius 2 is 2.00 bits per heavy atom. The predicted molar refractivity (Wildman–Crippen MR) is 116 cm³/mol. The Morgan fingerprint density at radius 3 is 2.60 bits per heavy atom. The maximum Gasteiger partial charge on any atom is 0.213 e. The highest BCUT2D eigenvalue weighted by atomic mass is 127. The van der Waals surface area contributed by atoms with E-state index in [2.05, 4.69) is 15.6 Å². The zero-order chi connectivity index (χ0) is 18.0. The van der Waals surface area contributed by atoms with Crippen LogP contribution in [0.1, 0.15) is 25.8 Å². The summed E-state index contributed by atoms with van der Waals surface area (Å²) in [6.07, 6.45) is 0.706. The van der Waals surface area contributed by atoms with Gasteiger partial charge in [-0.2, -0.15) is 0 Å². The Morgan fingerprint density at radius 1 is 1.28 bits per heavy atom. The van der Waals surface area contributed by atoms with E-state index in [0.717, 1.165) is 12.1 Å². The molecular formula is C16H28ClIN4O2S. The van der Waals surface area contributed by atoms with Crippen molar-refractivity contribution in [2.45, 2.75) is 26.8 Å². The fourth-order valence-electron chi connectivity index (χ4n) is 2.02. The molecule has 1 aromatic rings. The van der Waals surface area contributed by atoms with Gasteiger partial charge in [0.2, 0.25) is 10.0 Å². The molecule has 0 aliphatic carbocycles. The van der Waals surface area contributed by atoms with E-state index >= 15 is 0 Å². The van der Waals surface area contributed by atoms with Gasteiger partial charge in [0, 0.05) is 31.7 Å². The summed E-state index contributed by atoms with van der Waals surface area (Å²) in [5.74, 6) is 0.833. The number of aliphatic imine (C=N–C) groups is 1. The maximum absolute atomic E-state index is 11.7. The summed E-state index contributed by atoms with van der Waals surface area (Å²) in [4.78, 5) is 4.51. The van der Waals surface area contributed by atoms with Crippen molar-refractivity contribution in [3.8, 4) is 0 Å². The zero-order valence-electron chi connectivity index (χ0n) is 15.0. The van der Waals surface area contributed by atoms with Crippen LogP contribution in [0, 0.1) is 0 Å². The third-order valence-corrected chi connectivity index (χ3v) is 5.53. The lowest BCUT2D eigenvalue weighted by molar-refractivity contribution is 0.461. The number of halogens is 2. The molecule has 1 rings (SSSR count). The molecule has 0 heterocycles. The molecule has 0 saturated heterocycles. The van der Waals surface area contributed by atoms with Crippen molar-refractivity contribution in [1.29, 1.82) is 0 Å². The number of nitrogens with one attached hydrogen (secondary N) is 2. The summed E-state index contributed by atoms with van der Waals surface area (Å²) in [6.45, 7) is 6.06. The van der Waals surface area contributed by atoms with Crippen molar-refractivity contribution in [2.24, 2.45) is 4.99 Å². The van der Waals surface area contributed by atoms with Gasteiger partial charge in [0.1, 0.15) is 0 Å². The lowest BCUT2D eigenvalue weighted by Crippen LogP contribution is -2.39. The number of rotatable bonds is 9. The molecule has 0 aliphatic heterocycles. The molecule has 0 saturated carbocycles. The number of sulfonamides is 1. The van der Waals surface area contributed by atoms with E-state index in [0.29, 0.717) is 37.0 Å². The zero-order valence-corrected chi connectivity index (χ0v) is 18.9. The van der Waals surface area contributed by atoms with E-state index < -0.39 is 10.0 Å². The minimum atomic E-state index is -3.11. The summed E-state index contributed by atoms with van der Waals surface area (Å²) >= 11 is 5.97. The molecule has 0 aliphatic rings. The summed E-state index contributed by atoms with van der Waals surface area (Å²) in [6, 6.07) is 7.60. The lowest BCUT2D eigenvalue weighted by Gasteiger charge is -2.16. The number of benzene rings is 1. The first-order valence-electron chi connectivity index (χ1n) is 8.09. The maximum atomic E-state index is 11.7. The second kappa shape index (κ2) is 12.7. The third kappa shape index (κ3) is 9.62. The smallest absolute Gasteiger partial charge is 0.213 e. The Hall–Kier alpha value is -0.580. The first-order chi connectivity index (χ1) is 11.4. The minimum absolute atomic E-state index is 0. The van der Waals surface area contributed by atoms with Gasteiger partial charge in [-0.05, 0) is 38.0 Å². The average molecular weight is 503 g/mol. The molecule has 6 nitrogen and oxygen atoms in total. The van der Waals surface area contributed by atoms with Crippen LogP contribution in [0.2, 0.25) is 5.02 Å². The lowest BCUT2D eigenvalue weighted by atomic mass is 10.2. The quantitative estimate of drug-likeness (QED) is 0.236. The van der Waals surface area contributed by atoms with Gasteiger partial charge in [0.15, 0.2) is 5.96 Å². The van der Waals surface area contributed by atoms with Crippen LogP contribution >= 0.6 is 35.6 Å². The van der Waals surface area contributed by atoms with Crippen molar-refractivity contribution in [2.75, 3.05) is 32.4 Å². The SMILES string of the molecule is CCNC(=NCc1cccc(Cl)c1)NCCCN(C)S(=O)(=O)CC.I. The second-order valence-electron chi connectivity index (χ2n) is 5.33. The summed E-state index contributed by atoms with van der Waals surface area (Å²) in [7, 11) is -1.50. The number of nitrogens with zero attached hydrogens (tertiary/aromatic N) is 2. The van der Waals surface area contributed by atoms with Gasteiger partial charge >= 0.3 is 0 Å². The van der Waals surface area contributed by atoms with Gasteiger partial charge in [0.05, 0.1) is 12.3 Å². The summed E-state index contributed by atoms with van der Waals surface area (Å²) in [5, 5.41) is 7.08. The fraction of sp³-hybridized carbons (Fsp3) is 0.562. The Kier molecular flexibility index (Phi) is 12.4. The molecule has 0 aromatic heterocycles. The molecule has 9 heteroatoms. The molecule has 0 unspecified atom stereocenters. The average Bonchev–Trinajstić information content (AvgIpc) is 2.56. The van der Waals surface area contributed by atoms with Crippen molar-refractivity contribution in [3.63, 3.8) is 0 Å². The third-order valence-electron chi connectivity index (χ3n) is 3.43. The monoisotopic (exact) mass is 502 g/mol. The predicted octanol–water partition coefficient (Wildman–Crippen LogP) is 2.68. The van der Waals surface area contributed by atoms with Crippen LogP contribution in [0.15, 0.2) is 29.3 Å². The van der Waals surface area contributed by atoms with Crippen molar-refractivity contribution < 1.29 is 8.42 Å². The first kappa shape index (κ1) is 24.4. The minimum Gasteiger partial charge on any atom is -0.357 e. The standard InChI is InChI=1S/C16H27ClN4O2S.HI/c1-4-18-16(20-13-14-8-6-9-15(17)12-14)19-10-7-11-21(3)24(22,23)5-2;/h6,8-9,12H,4-5,7,10-11,13H2,1-3H3,(H2,18,19,20);1H. The van der Waals surface area contributed by atoms with E-state index in [1.54, 1.807) is 14.0 Å². The van der Waals surface area contributed by atoms with Crippen LogP contribution in [-0.2, 0) is 16.6 Å². The van der Waals surface area contributed by atoms with Crippen LogP contribution in [-0.4, -0.2) is 51.1 Å². The largest absolute Gasteiger partial charge is 0.357 e. The Labute approximate surface area is 173 Å². The highest BCUT2D eigenvalue weighted by Crippen LogP contribution is 2.11. The van der Waals surface area contributed by atoms with E-state index in [1.807, 2.05) is 31.2 Å². The number of hydrogen-bond acceptors (Lipinski definition) is 3. The van der Waals surface area contributed by atoms with Crippen molar-refractivity contribution in [1.82, 2.24) is 14.9 Å². The van der Waals surface area contributed by atoms with Gasteiger partial charge in [-0.25, -0.2) is 17.7 Å². The van der Waals surface area contributed by atoms with Crippen molar-refractivity contribution in [3.05, 3.63) is 34.9 Å². The van der Waals surface area contributed by atoms with E-state index in [9.17, 15) is 8.42 Å². The van der Waals surface area contributed by atoms with E-state index in [1.165, 1.54) is 4.31 Å². The van der Waals surface area contributed by atoms with Gasteiger partial charge in [-0.15, -0.1) is 24.0 Å². The van der Waals surface area contributed by atoms with Crippen LogP contribution in [0.4, 0.5) is 0 Å². The number of guanidine groups is 1. The number of hydrogen-bond donors (Lipinski definition) is 2. The normalized spacial score (nSPS) is 12.0. The second-order valence-corrected chi connectivity index (χ2v) is 8.13. The molecule has 25 heavy (non-hydrogen) atoms. The first-order valence-corrected chi connectivity index (χ1v) is 10.1. The van der Waals surface area contributed by atoms with E-state index in [-0.39, 0.29) is 29.7 Å². The van der Waals surface area contributed by atoms with E-state index in [4.69, 9.17) is 11.6 Å². The van der Waals surface area contributed by atoms with Crippen molar-refractivity contribution >= 4 is 51.6 Å². The molecule has 0 fully saturated rings. The summed E-state index contributed by atoms with van der Waals surface area (Å²) in [5.41, 5.74) is 1.04. The van der Waals surface area contributed by atoms with Gasteiger partial charge in [0.25, 0.3) is 0 Å². The molecule has 2 N–H and O–H groups in total. The van der Waals surface area contributed by atoms with Gasteiger partial charge in [-0.1, -0.05) is 23.7 Å². The Bertz CT molecular complexity index is 641. The molecular weight excluding hydrogens is 475 g/mol. The van der Waals surface area contributed by atoms with Gasteiger partial charge < -0.3 is 10.6 Å². The molecule has 144 valence electrons. The molecule has 0 radical (unpaired) electrons. The topological polar surface area (TPSA) is 73.8 Å². The van der Waals surface area contributed by atoms with Crippen LogP contribution < -0.4 is 10.6 Å². The Balaban J connectivity index is 0.00000576. The molecule has 0 spiro atoms. The molecule has 0 bridgehead atoms. The molecule has 0 atom stereocenters.